The molecule has 9 heteroatoms. The molecular formula is C16H14ClN5OS2. The predicted molar refractivity (Wildman–Crippen MR) is 95.8 cm³/mol. The van der Waals surface area contributed by atoms with Gasteiger partial charge in [-0.05, 0) is 48.3 Å². The molecule has 1 fully saturated rings. The van der Waals surface area contributed by atoms with Crippen molar-refractivity contribution in [1.82, 2.24) is 19.1 Å². The largest absolute Gasteiger partial charge is 0.461 e. The van der Waals surface area contributed by atoms with Gasteiger partial charge in [0.25, 0.3) is 0 Å². The quantitative estimate of drug-likeness (QED) is 0.609. The number of rotatable bonds is 4. The van der Waals surface area contributed by atoms with E-state index in [9.17, 15) is 5.26 Å². The molecule has 0 N–H and O–H groups in total. The molecule has 3 aromatic rings. The first-order valence-electron chi connectivity index (χ1n) is 8.00. The van der Waals surface area contributed by atoms with Crippen molar-refractivity contribution in [1.29, 1.82) is 5.26 Å². The van der Waals surface area contributed by atoms with Crippen LogP contribution < -0.4 is 0 Å². The minimum atomic E-state index is 0.241. The molecule has 4 rings (SSSR count). The molecule has 0 amide bonds. The molecule has 1 saturated carbocycles. The summed E-state index contributed by atoms with van der Waals surface area (Å²) >= 11 is 8.60. The number of hydrogen-bond donors (Lipinski definition) is 0. The van der Waals surface area contributed by atoms with Crippen molar-refractivity contribution in [3.8, 4) is 17.7 Å². The third-order valence-electron chi connectivity index (χ3n) is 4.26. The highest BCUT2D eigenvalue weighted by Crippen LogP contribution is 2.40. The molecule has 3 heterocycles. The number of hydrogen-bond acceptors (Lipinski definition) is 7. The van der Waals surface area contributed by atoms with Crippen LogP contribution in [0.1, 0.15) is 43.7 Å². The van der Waals surface area contributed by atoms with Crippen molar-refractivity contribution in [2.75, 3.05) is 0 Å². The van der Waals surface area contributed by atoms with Gasteiger partial charge < -0.3 is 4.42 Å². The zero-order chi connectivity index (χ0) is 17.2. The first kappa shape index (κ1) is 16.6. The topological polar surface area (TPSA) is 80.5 Å². The first-order valence-corrected chi connectivity index (χ1v) is 9.96. The van der Waals surface area contributed by atoms with Gasteiger partial charge in [0.1, 0.15) is 15.8 Å². The Labute approximate surface area is 158 Å². The predicted octanol–water partition coefficient (Wildman–Crippen LogP) is 5.18. The lowest BCUT2D eigenvalue weighted by atomic mass is 9.95. The van der Waals surface area contributed by atoms with Crippen LogP contribution in [0.4, 0.5) is 0 Å². The monoisotopic (exact) mass is 391 g/mol. The summed E-state index contributed by atoms with van der Waals surface area (Å²) in [6.07, 6.45) is 7.47. The normalized spacial score (nSPS) is 15.4. The van der Waals surface area contributed by atoms with Gasteiger partial charge in [0.15, 0.2) is 16.1 Å². The highest BCUT2D eigenvalue weighted by molar-refractivity contribution is 8.01. The lowest BCUT2D eigenvalue weighted by molar-refractivity contribution is 0.337. The van der Waals surface area contributed by atoms with Crippen molar-refractivity contribution < 1.29 is 4.42 Å². The second kappa shape index (κ2) is 7.20. The fraction of sp³-hybridized carbons (Fsp3) is 0.375. The van der Waals surface area contributed by atoms with E-state index in [4.69, 9.17) is 16.0 Å². The maximum Gasteiger partial charge on any atom is 0.200 e. The standard InChI is InChI=1S/C16H14ClN5OS2/c17-13-11(9-18)15(25-21-13)24-16-20-19-14(12-7-4-8-23-12)22(16)10-5-2-1-3-6-10/h4,7-8,10H,1-3,5-6H2. The Morgan fingerprint density at radius 1 is 1.32 bits per heavy atom. The van der Waals surface area contributed by atoms with Crippen molar-refractivity contribution in [2.24, 2.45) is 0 Å². The van der Waals surface area contributed by atoms with Gasteiger partial charge in [-0.25, -0.2) is 0 Å². The van der Waals surface area contributed by atoms with E-state index in [1.54, 1.807) is 6.26 Å². The fourth-order valence-electron chi connectivity index (χ4n) is 3.09. The van der Waals surface area contributed by atoms with E-state index in [2.05, 4.69) is 25.2 Å². The van der Waals surface area contributed by atoms with Crippen LogP contribution in [0.15, 0.2) is 32.2 Å². The average Bonchev–Trinajstić information content (AvgIpc) is 3.36. The first-order chi connectivity index (χ1) is 12.3. The number of furan rings is 1. The van der Waals surface area contributed by atoms with Crippen LogP contribution in [0.25, 0.3) is 11.6 Å². The molecule has 128 valence electrons. The molecule has 0 spiro atoms. The highest BCUT2D eigenvalue weighted by Gasteiger charge is 2.26. The summed E-state index contributed by atoms with van der Waals surface area (Å²) in [4.78, 5) is 0. The molecule has 0 bridgehead atoms. The fourth-order valence-corrected chi connectivity index (χ4v) is 5.24. The lowest BCUT2D eigenvalue weighted by Crippen LogP contribution is -2.15. The molecule has 25 heavy (non-hydrogen) atoms. The van der Waals surface area contributed by atoms with Crippen molar-refractivity contribution in [2.45, 2.75) is 47.5 Å². The second-order valence-electron chi connectivity index (χ2n) is 5.80. The van der Waals surface area contributed by atoms with Gasteiger partial charge in [-0.2, -0.15) is 9.64 Å². The minimum absolute atomic E-state index is 0.241. The lowest BCUT2D eigenvalue weighted by Gasteiger charge is -2.25. The van der Waals surface area contributed by atoms with E-state index in [1.165, 1.54) is 42.6 Å². The van der Waals surface area contributed by atoms with Crippen molar-refractivity contribution in [3.05, 3.63) is 29.1 Å². The molecule has 3 aromatic heterocycles. The van der Waals surface area contributed by atoms with Crippen molar-refractivity contribution in [3.63, 3.8) is 0 Å². The van der Waals surface area contributed by atoms with Gasteiger partial charge in [0, 0.05) is 6.04 Å². The summed E-state index contributed by atoms with van der Waals surface area (Å²) in [7, 11) is 0. The number of aromatic nitrogens is 4. The molecular weight excluding hydrogens is 378 g/mol. The summed E-state index contributed by atoms with van der Waals surface area (Å²) in [6, 6.07) is 6.19. The Bertz CT molecular complexity index is 906. The van der Waals surface area contributed by atoms with E-state index in [-0.39, 0.29) is 5.15 Å². The molecule has 1 aliphatic rings. The van der Waals surface area contributed by atoms with Crippen molar-refractivity contribution >= 4 is 34.9 Å². The molecule has 0 radical (unpaired) electrons. The van der Waals surface area contributed by atoms with Crippen LogP contribution in [0.3, 0.4) is 0 Å². The Morgan fingerprint density at radius 3 is 2.88 bits per heavy atom. The maximum atomic E-state index is 9.30. The highest BCUT2D eigenvalue weighted by atomic mass is 35.5. The van der Waals surface area contributed by atoms with Crippen LogP contribution in [-0.4, -0.2) is 19.1 Å². The Kier molecular flexibility index (Phi) is 4.79. The van der Waals surface area contributed by atoms with E-state index in [0.717, 1.165) is 28.0 Å². The van der Waals surface area contributed by atoms with Crippen LogP contribution in [-0.2, 0) is 0 Å². The summed E-state index contributed by atoms with van der Waals surface area (Å²) < 4.78 is 12.5. The molecule has 0 aliphatic heterocycles. The van der Waals surface area contributed by atoms with Crippen LogP contribution in [0.5, 0.6) is 0 Å². The number of nitrogens with zero attached hydrogens (tertiary/aromatic N) is 5. The summed E-state index contributed by atoms with van der Waals surface area (Å²) in [6.45, 7) is 0. The molecule has 0 unspecified atom stereocenters. The Morgan fingerprint density at radius 2 is 2.16 bits per heavy atom. The van der Waals surface area contributed by atoms with Gasteiger partial charge >= 0.3 is 0 Å². The summed E-state index contributed by atoms with van der Waals surface area (Å²) in [5.74, 6) is 1.43. The number of nitriles is 1. The van der Waals surface area contributed by atoms with Gasteiger partial charge in [0.2, 0.25) is 5.82 Å². The van der Waals surface area contributed by atoms with Crippen LogP contribution in [0, 0.1) is 11.3 Å². The third-order valence-corrected chi connectivity index (χ3v) is 6.60. The summed E-state index contributed by atoms with van der Waals surface area (Å²) in [5, 5.41) is 19.0. The maximum absolute atomic E-state index is 9.30. The van der Waals surface area contributed by atoms with E-state index in [0.29, 0.717) is 17.4 Å². The Balaban J connectivity index is 1.75. The number of halogens is 1. The average molecular weight is 392 g/mol. The summed E-state index contributed by atoms with van der Waals surface area (Å²) in [5.41, 5.74) is 0.398. The van der Waals surface area contributed by atoms with Gasteiger partial charge in [0.05, 0.1) is 6.26 Å². The Hall–Kier alpha value is -1.82. The van der Waals surface area contributed by atoms with Gasteiger partial charge in [-0.15, -0.1) is 10.2 Å². The zero-order valence-corrected chi connectivity index (χ0v) is 15.6. The second-order valence-corrected chi connectivity index (χ2v) is 8.16. The third kappa shape index (κ3) is 3.19. The molecule has 0 saturated heterocycles. The van der Waals surface area contributed by atoms with E-state index < -0.39 is 0 Å². The van der Waals surface area contributed by atoms with E-state index in [1.807, 2.05) is 12.1 Å². The van der Waals surface area contributed by atoms with Crippen LogP contribution in [0.2, 0.25) is 5.15 Å². The van der Waals surface area contributed by atoms with Gasteiger partial charge in [-0.1, -0.05) is 30.9 Å². The molecule has 0 aromatic carbocycles. The zero-order valence-electron chi connectivity index (χ0n) is 13.2. The SMILES string of the molecule is N#Cc1c(Cl)nsc1Sc1nnc(-c2ccco2)n1C1CCCCC1. The molecule has 1 aliphatic carbocycles. The van der Waals surface area contributed by atoms with Gasteiger partial charge in [-0.3, -0.25) is 4.57 Å². The smallest absolute Gasteiger partial charge is 0.200 e. The minimum Gasteiger partial charge on any atom is -0.461 e. The molecule has 0 atom stereocenters. The van der Waals surface area contributed by atoms with E-state index >= 15 is 0 Å². The van der Waals surface area contributed by atoms with Crippen LogP contribution >= 0.6 is 34.9 Å². The molecule has 6 nitrogen and oxygen atoms in total.